The van der Waals surface area contributed by atoms with Gasteiger partial charge in [0.2, 0.25) is 0 Å². The lowest BCUT2D eigenvalue weighted by atomic mass is 9.83. The third-order valence-corrected chi connectivity index (χ3v) is 8.20. The van der Waals surface area contributed by atoms with Gasteiger partial charge in [-0.1, -0.05) is 11.1 Å². The third-order valence-electron chi connectivity index (χ3n) is 8.20. The molecule has 0 N–H and O–H groups in total. The average Bonchev–Trinajstić information content (AvgIpc) is 3.23. The van der Waals surface area contributed by atoms with Gasteiger partial charge in [-0.15, -0.1) is 0 Å². The summed E-state index contributed by atoms with van der Waals surface area (Å²) in [6.45, 7) is 0. The summed E-state index contributed by atoms with van der Waals surface area (Å²) >= 11 is 0. The molecule has 0 radical (unpaired) electrons. The summed E-state index contributed by atoms with van der Waals surface area (Å²) in [4.78, 5) is 24.1. The second kappa shape index (κ2) is 3.83. The monoisotopic (exact) mass is 294 g/mol. The highest BCUT2D eigenvalue weighted by Gasteiger charge is 2.59. The highest BCUT2D eigenvalue weighted by Crippen LogP contribution is 2.67. The summed E-state index contributed by atoms with van der Waals surface area (Å²) in [5, 5.41) is 0. The van der Waals surface area contributed by atoms with Crippen molar-refractivity contribution in [2.45, 2.75) is 51.4 Å². The summed E-state index contributed by atoms with van der Waals surface area (Å²) in [6, 6.07) is 0. The molecule has 2 nitrogen and oxygen atoms in total. The lowest BCUT2D eigenvalue weighted by Crippen LogP contribution is -2.15. The molecular weight excluding hydrogens is 272 g/mol. The molecule has 0 amide bonds. The van der Waals surface area contributed by atoms with Gasteiger partial charge < -0.3 is 0 Å². The molecule has 6 atom stereocenters. The van der Waals surface area contributed by atoms with Crippen molar-refractivity contribution in [2.75, 3.05) is 0 Å². The summed E-state index contributed by atoms with van der Waals surface area (Å²) in [5.74, 6) is 5.67. The number of fused-ring (bicyclic) bond motifs is 7. The highest BCUT2D eigenvalue weighted by atomic mass is 16.1. The molecule has 2 fully saturated rings. The number of Topliss-reactive ketones (excluding diaryl/α,β-unsaturated/α-hetero) is 2. The molecule has 0 heterocycles. The lowest BCUT2D eigenvalue weighted by Gasteiger charge is -2.21. The van der Waals surface area contributed by atoms with E-state index in [4.69, 9.17) is 0 Å². The van der Waals surface area contributed by atoms with Crippen LogP contribution < -0.4 is 0 Å². The highest BCUT2D eigenvalue weighted by molar-refractivity contribution is 6.00. The van der Waals surface area contributed by atoms with Crippen LogP contribution in [0.5, 0.6) is 0 Å². The Hall–Kier alpha value is -1.18. The third kappa shape index (κ3) is 1.26. The zero-order valence-electron chi connectivity index (χ0n) is 12.9. The second-order valence-corrected chi connectivity index (χ2v) is 8.60. The van der Waals surface area contributed by atoms with Gasteiger partial charge in [0, 0.05) is 12.8 Å². The first-order valence-corrected chi connectivity index (χ1v) is 9.22. The van der Waals surface area contributed by atoms with Crippen molar-refractivity contribution in [3.8, 4) is 0 Å². The predicted molar refractivity (Wildman–Crippen MR) is 81.9 cm³/mol. The molecular formula is C20H22O2. The number of ketones is 2. The van der Waals surface area contributed by atoms with Crippen molar-refractivity contribution in [1.82, 2.24) is 0 Å². The van der Waals surface area contributed by atoms with Gasteiger partial charge in [0.1, 0.15) is 0 Å². The SMILES string of the molecule is O=C1CCC2=C1C[C@@H]1[C@H]3C[C@@H]4C5=C(C[C@@H]4[C@H]3C[C@H]21)C(=O)CC5. The maximum absolute atomic E-state index is 12.1. The Morgan fingerprint density at radius 2 is 1.05 bits per heavy atom. The minimum Gasteiger partial charge on any atom is -0.295 e. The molecule has 0 aliphatic heterocycles. The molecule has 0 aromatic carbocycles. The van der Waals surface area contributed by atoms with Crippen LogP contribution in [0.2, 0.25) is 0 Å². The molecule has 0 bridgehead atoms. The van der Waals surface area contributed by atoms with Crippen molar-refractivity contribution in [2.24, 2.45) is 35.5 Å². The molecule has 6 aliphatic rings. The smallest absolute Gasteiger partial charge is 0.159 e. The van der Waals surface area contributed by atoms with Crippen molar-refractivity contribution in [1.29, 1.82) is 0 Å². The van der Waals surface area contributed by atoms with Gasteiger partial charge in [-0.25, -0.2) is 0 Å². The average molecular weight is 294 g/mol. The maximum Gasteiger partial charge on any atom is 0.159 e. The molecule has 0 aromatic heterocycles. The standard InChI is InChI=1S/C20H22O2/c21-19-3-1-9-11-5-13-14(15(11)7-17(9)19)6-12-10-2-4-20(22)18(10)8-16(12)13/h11-16H,1-8H2/t11-,12-,13+,14+,15+,16+/m1/s1. The Bertz CT molecular complexity index is 634. The molecule has 2 heteroatoms. The van der Waals surface area contributed by atoms with Gasteiger partial charge in [-0.3, -0.25) is 9.59 Å². The summed E-state index contributed by atoms with van der Waals surface area (Å²) < 4.78 is 0. The van der Waals surface area contributed by atoms with E-state index < -0.39 is 0 Å². The van der Waals surface area contributed by atoms with Crippen LogP contribution >= 0.6 is 0 Å². The van der Waals surface area contributed by atoms with Gasteiger partial charge in [-0.2, -0.15) is 0 Å². The second-order valence-electron chi connectivity index (χ2n) is 8.60. The van der Waals surface area contributed by atoms with Crippen LogP contribution in [0.25, 0.3) is 0 Å². The van der Waals surface area contributed by atoms with Crippen molar-refractivity contribution < 1.29 is 9.59 Å². The van der Waals surface area contributed by atoms with E-state index in [0.29, 0.717) is 11.6 Å². The fourth-order valence-corrected chi connectivity index (χ4v) is 7.49. The molecule has 22 heavy (non-hydrogen) atoms. The van der Waals surface area contributed by atoms with Crippen LogP contribution in [0.3, 0.4) is 0 Å². The zero-order chi connectivity index (χ0) is 14.6. The van der Waals surface area contributed by atoms with Crippen molar-refractivity contribution in [3.05, 3.63) is 22.3 Å². The number of hydrogen-bond acceptors (Lipinski definition) is 2. The van der Waals surface area contributed by atoms with E-state index in [2.05, 4.69) is 0 Å². The Balaban J connectivity index is 1.32. The van der Waals surface area contributed by atoms with Crippen molar-refractivity contribution >= 4 is 11.6 Å². The fourth-order valence-electron chi connectivity index (χ4n) is 7.49. The van der Waals surface area contributed by atoms with E-state index in [1.165, 1.54) is 24.0 Å². The summed E-state index contributed by atoms with van der Waals surface area (Å²) in [5.41, 5.74) is 5.63. The Labute approximate surface area is 131 Å². The largest absolute Gasteiger partial charge is 0.295 e. The normalized spacial score (nSPS) is 48.2. The molecule has 6 aliphatic carbocycles. The summed E-state index contributed by atoms with van der Waals surface area (Å²) in [6.07, 6.45) is 8.58. The molecule has 0 saturated heterocycles. The number of rotatable bonds is 0. The number of carbonyl (C=O) groups excluding carboxylic acids is 2. The zero-order valence-corrected chi connectivity index (χ0v) is 12.9. The van der Waals surface area contributed by atoms with Crippen LogP contribution in [0.15, 0.2) is 22.3 Å². The summed E-state index contributed by atoms with van der Waals surface area (Å²) in [7, 11) is 0. The number of hydrogen-bond donors (Lipinski definition) is 0. The number of carbonyl (C=O) groups is 2. The minimum absolute atomic E-state index is 0.463. The van der Waals surface area contributed by atoms with Crippen LogP contribution in [-0.2, 0) is 9.59 Å². The van der Waals surface area contributed by atoms with Crippen LogP contribution in [-0.4, -0.2) is 11.6 Å². The molecule has 0 unspecified atom stereocenters. The first-order valence-electron chi connectivity index (χ1n) is 9.22. The molecule has 2 saturated carbocycles. The van der Waals surface area contributed by atoms with Crippen molar-refractivity contribution in [3.63, 3.8) is 0 Å². The maximum atomic E-state index is 12.1. The van der Waals surface area contributed by atoms with Gasteiger partial charge >= 0.3 is 0 Å². The Kier molecular flexibility index (Phi) is 2.14. The van der Waals surface area contributed by atoms with Crippen LogP contribution in [0, 0.1) is 35.5 Å². The van der Waals surface area contributed by atoms with Gasteiger partial charge in [0.05, 0.1) is 0 Å². The Morgan fingerprint density at radius 1 is 0.591 bits per heavy atom. The van der Waals surface area contributed by atoms with Gasteiger partial charge in [0.25, 0.3) is 0 Å². The number of allylic oxidation sites excluding steroid dienone is 4. The predicted octanol–water partition coefficient (Wildman–Crippen LogP) is 3.62. The molecule has 6 rings (SSSR count). The van der Waals surface area contributed by atoms with E-state index >= 15 is 0 Å². The Morgan fingerprint density at radius 3 is 1.50 bits per heavy atom. The lowest BCUT2D eigenvalue weighted by molar-refractivity contribution is -0.116. The molecule has 0 spiro atoms. The minimum atomic E-state index is 0.463. The van der Waals surface area contributed by atoms with E-state index in [1.807, 2.05) is 0 Å². The topological polar surface area (TPSA) is 34.1 Å². The van der Waals surface area contributed by atoms with E-state index in [-0.39, 0.29) is 0 Å². The molecule has 114 valence electrons. The van der Waals surface area contributed by atoms with E-state index in [1.54, 1.807) is 11.1 Å². The first kappa shape index (κ1) is 12.3. The van der Waals surface area contributed by atoms with Gasteiger partial charge in [0.15, 0.2) is 11.6 Å². The van der Waals surface area contributed by atoms with E-state index in [9.17, 15) is 9.59 Å². The quantitative estimate of drug-likeness (QED) is 0.684. The van der Waals surface area contributed by atoms with Crippen LogP contribution in [0.1, 0.15) is 51.4 Å². The van der Waals surface area contributed by atoms with Gasteiger partial charge in [-0.05, 0) is 85.2 Å². The first-order chi connectivity index (χ1) is 10.7. The van der Waals surface area contributed by atoms with E-state index in [0.717, 1.165) is 74.0 Å². The molecule has 0 aromatic rings. The fraction of sp³-hybridized carbons (Fsp3) is 0.700. The van der Waals surface area contributed by atoms with Crippen LogP contribution in [0.4, 0.5) is 0 Å².